The third-order valence-corrected chi connectivity index (χ3v) is 7.50. The van der Waals surface area contributed by atoms with Crippen LogP contribution in [-0.4, -0.2) is 12.1 Å². The van der Waals surface area contributed by atoms with Gasteiger partial charge >= 0.3 is 5.97 Å². The van der Waals surface area contributed by atoms with Gasteiger partial charge in [-0.3, -0.25) is 4.79 Å². The number of nitriles is 1. The summed E-state index contributed by atoms with van der Waals surface area (Å²) in [6.07, 6.45) is 22.0. The van der Waals surface area contributed by atoms with Gasteiger partial charge < -0.3 is 4.74 Å². The maximum atomic E-state index is 12.8. The smallest absolute Gasteiger partial charge is 0.309 e. The van der Waals surface area contributed by atoms with E-state index in [0.29, 0.717) is 11.8 Å². The Morgan fingerprint density at radius 2 is 1.70 bits per heavy atom. The van der Waals surface area contributed by atoms with Crippen LogP contribution in [0, 0.1) is 23.2 Å². The molecule has 2 aliphatic carbocycles. The van der Waals surface area contributed by atoms with Crippen LogP contribution in [0.15, 0.2) is 48.6 Å². The Kier molecular flexibility index (Phi) is 10.8. The zero-order valence-electron chi connectivity index (χ0n) is 20.4. The van der Waals surface area contributed by atoms with Crippen molar-refractivity contribution in [3.05, 3.63) is 59.7 Å². The molecule has 2 aliphatic rings. The first-order chi connectivity index (χ1) is 16.2. The lowest BCUT2D eigenvalue weighted by molar-refractivity contribution is -0.157. The van der Waals surface area contributed by atoms with Crippen LogP contribution in [0.25, 0.3) is 0 Å². The standard InChI is InChI=1S/C30H41NO2/c1-2-3-4-6-9-24-11-15-26(16-12-24)27-17-19-28(20-18-27)30(32)33-29-21-13-25(14-22-29)10-7-5-8-23-31/h5,7-8,10-12,15-16,25,27-29H,2-4,6,9,13-14,17-22H2,1H3/b8-5?,10-7+. The molecule has 0 saturated heterocycles. The van der Waals surface area contributed by atoms with Gasteiger partial charge in [-0.05, 0) is 87.2 Å². The van der Waals surface area contributed by atoms with E-state index in [1.165, 1.54) is 49.3 Å². The minimum atomic E-state index is 0.0341. The molecule has 0 bridgehead atoms. The fourth-order valence-electron chi connectivity index (χ4n) is 5.35. The average Bonchev–Trinajstić information content (AvgIpc) is 2.86. The molecule has 0 aliphatic heterocycles. The molecule has 0 aromatic heterocycles. The molecule has 33 heavy (non-hydrogen) atoms. The van der Waals surface area contributed by atoms with Crippen molar-refractivity contribution in [2.24, 2.45) is 11.8 Å². The molecule has 0 atom stereocenters. The number of esters is 1. The van der Waals surface area contributed by atoms with Gasteiger partial charge in [0.05, 0.1) is 12.0 Å². The Labute approximate surface area is 200 Å². The Hall–Kier alpha value is -2.34. The number of carbonyl (C=O) groups is 1. The number of aryl methyl sites for hydroxylation is 1. The Morgan fingerprint density at radius 3 is 2.36 bits per heavy atom. The molecule has 0 spiro atoms. The van der Waals surface area contributed by atoms with Crippen molar-refractivity contribution in [2.45, 2.75) is 102 Å². The lowest BCUT2D eigenvalue weighted by atomic mass is 9.78. The molecule has 3 nitrogen and oxygen atoms in total. The Bertz CT molecular complexity index is 801. The van der Waals surface area contributed by atoms with Crippen LogP contribution in [0.3, 0.4) is 0 Å². The van der Waals surface area contributed by atoms with Crippen molar-refractivity contribution in [2.75, 3.05) is 0 Å². The lowest BCUT2D eigenvalue weighted by Gasteiger charge is -2.31. The van der Waals surface area contributed by atoms with Crippen LogP contribution < -0.4 is 0 Å². The summed E-state index contributed by atoms with van der Waals surface area (Å²) < 4.78 is 5.91. The van der Waals surface area contributed by atoms with E-state index in [1.54, 1.807) is 6.08 Å². The van der Waals surface area contributed by atoms with Crippen LogP contribution in [0.4, 0.5) is 0 Å². The van der Waals surface area contributed by atoms with Crippen molar-refractivity contribution in [1.82, 2.24) is 0 Å². The average molecular weight is 448 g/mol. The predicted octanol–water partition coefficient (Wildman–Crippen LogP) is 7.82. The fraction of sp³-hybridized carbons (Fsp3) is 0.600. The molecule has 2 fully saturated rings. The van der Waals surface area contributed by atoms with E-state index in [2.05, 4.69) is 37.3 Å². The fourth-order valence-corrected chi connectivity index (χ4v) is 5.35. The zero-order chi connectivity index (χ0) is 23.3. The normalized spacial score (nSPS) is 25.8. The Balaban J connectivity index is 1.36. The second-order valence-corrected chi connectivity index (χ2v) is 9.95. The number of carbonyl (C=O) groups excluding carboxylic acids is 1. The van der Waals surface area contributed by atoms with Crippen LogP contribution in [0.2, 0.25) is 0 Å². The zero-order valence-corrected chi connectivity index (χ0v) is 20.4. The highest BCUT2D eigenvalue weighted by Gasteiger charge is 2.30. The first-order valence-electron chi connectivity index (χ1n) is 13.2. The highest BCUT2D eigenvalue weighted by molar-refractivity contribution is 5.72. The summed E-state index contributed by atoms with van der Waals surface area (Å²) in [5.74, 6) is 1.22. The van der Waals surface area contributed by atoms with Gasteiger partial charge in [0.2, 0.25) is 0 Å². The summed E-state index contributed by atoms with van der Waals surface area (Å²) >= 11 is 0. The molecule has 2 saturated carbocycles. The van der Waals surface area contributed by atoms with Gasteiger partial charge in [-0.2, -0.15) is 5.26 Å². The molecule has 1 aromatic carbocycles. The van der Waals surface area contributed by atoms with Crippen molar-refractivity contribution in [3.8, 4) is 6.07 Å². The molecule has 0 unspecified atom stereocenters. The molecule has 178 valence electrons. The molecule has 0 heterocycles. The summed E-state index contributed by atoms with van der Waals surface area (Å²) in [5, 5.41) is 8.53. The lowest BCUT2D eigenvalue weighted by Crippen LogP contribution is -2.29. The highest BCUT2D eigenvalue weighted by atomic mass is 16.5. The van der Waals surface area contributed by atoms with E-state index in [-0.39, 0.29) is 18.0 Å². The molecular formula is C30H41NO2. The van der Waals surface area contributed by atoms with Crippen LogP contribution >= 0.6 is 0 Å². The summed E-state index contributed by atoms with van der Waals surface area (Å²) in [6, 6.07) is 11.3. The van der Waals surface area contributed by atoms with Gasteiger partial charge in [0.15, 0.2) is 0 Å². The molecule has 0 radical (unpaired) electrons. The number of benzene rings is 1. The van der Waals surface area contributed by atoms with Gasteiger partial charge in [-0.15, -0.1) is 0 Å². The highest BCUT2D eigenvalue weighted by Crippen LogP contribution is 2.37. The molecule has 0 N–H and O–H groups in total. The van der Waals surface area contributed by atoms with E-state index in [1.807, 2.05) is 12.1 Å². The number of nitrogens with zero attached hydrogens (tertiary/aromatic N) is 1. The number of rotatable bonds is 10. The van der Waals surface area contributed by atoms with Gasteiger partial charge in [-0.25, -0.2) is 0 Å². The monoisotopic (exact) mass is 447 g/mol. The number of hydrogen-bond acceptors (Lipinski definition) is 3. The van der Waals surface area contributed by atoms with E-state index in [0.717, 1.165) is 51.4 Å². The minimum Gasteiger partial charge on any atom is -0.462 e. The second-order valence-electron chi connectivity index (χ2n) is 9.95. The largest absolute Gasteiger partial charge is 0.462 e. The third kappa shape index (κ3) is 8.50. The first-order valence-corrected chi connectivity index (χ1v) is 13.2. The number of unbranched alkanes of at least 4 members (excludes halogenated alkanes) is 3. The third-order valence-electron chi connectivity index (χ3n) is 7.50. The van der Waals surface area contributed by atoms with E-state index >= 15 is 0 Å². The minimum absolute atomic E-state index is 0.0341. The van der Waals surface area contributed by atoms with Crippen LogP contribution in [-0.2, 0) is 16.0 Å². The van der Waals surface area contributed by atoms with Crippen molar-refractivity contribution in [1.29, 1.82) is 5.26 Å². The number of hydrogen-bond donors (Lipinski definition) is 0. The summed E-state index contributed by atoms with van der Waals surface area (Å²) in [6.45, 7) is 2.26. The summed E-state index contributed by atoms with van der Waals surface area (Å²) in [5.41, 5.74) is 2.89. The van der Waals surface area contributed by atoms with E-state index in [4.69, 9.17) is 10.00 Å². The van der Waals surface area contributed by atoms with Gasteiger partial charge in [0.1, 0.15) is 6.10 Å². The maximum Gasteiger partial charge on any atom is 0.309 e. The molecule has 3 rings (SSSR count). The van der Waals surface area contributed by atoms with E-state index < -0.39 is 0 Å². The van der Waals surface area contributed by atoms with Crippen molar-refractivity contribution >= 4 is 5.97 Å². The summed E-state index contributed by atoms with van der Waals surface area (Å²) in [7, 11) is 0. The van der Waals surface area contributed by atoms with Gasteiger partial charge in [0.25, 0.3) is 0 Å². The number of allylic oxidation sites excluding steroid dienone is 4. The molecular weight excluding hydrogens is 406 g/mol. The van der Waals surface area contributed by atoms with Gasteiger partial charge in [0, 0.05) is 6.08 Å². The first kappa shape index (κ1) is 25.3. The van der Waals surface area contributed by atoms with Crippen LogP contribution in [0.1, 0.15) is 101 Å². The molecule has 3 heteroatoms. The Morgan fingerprint density at radius 1 is 0.970 bits per heavy atom. The van der Waals surface area contributed by atoms with E-state index in [9.17, 15) is 4.79 Å². The summed E-state index contributed by atoms with van der Waals surface area (Å²) in [4.78, 5) is 12.8. The number of ether oxygens (including phenoxy) is 1. The van der Waals surface area contributed by atoms with Crippen molar-refractivity contribution in [3.63, 3.8) is 0 Å². The SMILES string of the molecule is CCCCCCc1ccc(C2CCC(C(=O)OC3CCC(/C=C/C=CC#N)CC3)CC2)cc1. The van der Waals surface area contributed by atoms with Crippen molar-refractivity contribution < 1.29 is 9.53 Å². The predicted molar refractivity (Wildman–Crippen MR) is 135 cm³/mol. The maximum absolute atomic E-state index is 12.8. The topological polar surface area (TPSA) is 50.1 Å². The quantitative estimate of drug-likeness (QED) is 0.159. The second kappa shape index (κ2) is 14.0. The molecule has 0 amide bonds. The molecule has 1 aromatic rings. The van der Waals surface area contributed by atoms with Crippen LogP contribution in [0.5, 0.6) is 0 Å². The van der Waals surface area contributed by atoms with Gasteiger partial charge in [-0.1, -0.05) is 68.7 Å².